The Hall–Kier alpha value is -3.50. The number of nitrogens with one attached hydrogen (secondary N) is 1. The van der Waals surface area contributed by atoms with E-state index in [4.69, 9.17) is 16.7 Å². The number of fused-ring (bicyclic) bond motifs is 1. The molecule has 3 aromatic heterocycles. The maximum absolute atomic E-state index is 9.35. The van der Waals surface area contributed by atoms with Crippen molar-refractivity contribution in [3.05, 3.63) is 71.4 Å². The molecule has 0 aliphatic rings. The van der Waals surface area contributed by atoms with Crippen LogP contribution in [0.5, 0.6) is 0 Å². The van der Waals surface area contributed by atoms with Crippen LogP contribution >= 0.6 is 11.6 Å². The van der Waals surface area contributed by atoms with Crippen molar-refractivity contribution in [1.82, 2.24) is 24.6 Å². The Balaban J connectivity index is 1.81. The van der Waals surface area contributed by atoms with Crippen molar-refractivity contribution in [1.29, 1.82) is 5.26 Å². The van der Waals surface area contributed by atoms with Crippen LogP contribution in [0.1, 0.15) is 24.1 Å². The Morgan fingerprint density at radius 3 is 2.78 bits per heavy atom. The van der Waals surface area contributed by atoms with Gasteiger partial charge in [-0.25, -0.2) is 19.5 Å². The van der Waals surface area contributed by atoms with Gasteiger partial charge in [0.25, 0.3) is 0 Å². The van der Waals surface area contributed by atoms with E-state index in [-0.39, 0.29) is 16.8 Å². The van der Waals surface area contributed by atoms with Gasteiger partial charge in [-0.05, 0) is 13.0 Å². The van der Waals surface area contributed by atoms with Crippen LogP contribution in [0.2, 0.25) is 5.15 Å². The number of hydrogen-bond donors (Lipinski definition) is 1. The number of rotatable bonds is 4. The predicted octanol–water partition coefficient (Wildman–Crippen LogP) is 3.88. The maximum Gasteiger partial charge on any atom is 0.153 e. The molecule has 132 valence electrons. The summed E-state index contributed by atoms with van der Waals surface area (Å²) >= 11 is 6.01. The number of imidazole rings is 1. The molecule has 0 bridgehead atoms. The molecule has 0 unspecified atom stereocenters. The first kappa shape index (κ1) is 16.9. The molecule has 0 spiro atoms. The quantitative estimate of drug-likeness (QED) is 0.544. The summed E-state index contributed by atoms with van der Waals surface area (Å²) in [6.45, 7) is 1.97. The average Bonchev–Trinajstić information content (AvgIpc) is 3.15. The summed E-state index contributed by atoms with van der Waals surface area (Å²) in [5.74, 6) is 0.382. The molecular weight excluding hydrogens is 362 g/mol. The van der Waals surface area contributed by atoms with Crippen molar-refractivity contribution in [3.63, 3.8) is 0 Å². The highest BCUT2D eigenvalue weighted by molar-refractivity contribution is 6.30. The minimum Gasteiger partial charge on any atom is -0.362 e. The van der Waals surface area contributed by atoms with E-state index in [2.05, 4.69) is 20.3 Å². The lowest BCUT2D eigenvalue weighted by molar-refractivity contribution is 0.839. The summed E-state index contributed by atoms with van der Waals surface area (Å²) in [6, 6.07) is 13.7. The first-order chi connectivity index (χ1) is 13.2. The molecule has 3 heterocycles. The fourth-order valence-corrected chi connectivity index (χ4v) is 3.05. The van der Waals surface area contributed by atoms with E-state index in [0.29, 0.717) is 5.82 Å². The molecule has 0 radical (unpaired) electrons. The van der Waals surface area contributed by atoms with Gasteiger partial charge < -0.3 is 5.32 Å². The Labute approximate surface area is 160 Å². The molecule has 0 aliphatic carbocycles. The van der Waals surface area contributed by atoms with Crippen LogP contribution in [0.3, 0.4) is 0 Å². The lowest BCUT2D eigenvalue weighted by atomic mass is 10.0. The number of aromatic nitrogens is 5. The molecule has 0 saturated carbocycles. The zero-order chi connectivity index (χ0) is 18.8. The van der Waals surface area contributed by atoms with E-state index in [1.165, 1.54) is 6.33 Å². The van der Waals surface area contributed by atoms with Crippen LogP contribution in [-0.4, -0.2) is 24.6 Å². The molecule has 1 atom stereocenters. The number of anilines is 1. The third kappa shape index (κ3) is 3.18. The second-order valence-electron chi connectivity index (χ2n) is 5.91. The molecular formula is C19H14ClN7. The molecule has 27 heavy (non-hydrogen) atoms. The first-order valence-electron chi connectivity index (χ1n) is 8.24. The fourth-order valence-electron chi connectivity index (χ4n) is 2.88. The average molecular weight is 376 g/mol. The summed E-state index contributed by atoms with van der Waals surface area (Å²) in [5.41, 5.74) is 3.68. The van der Waals surface area contributed by atoms with E-state index in [1.807, 2.05) is 55.6 Å². The molecule has 0 saturated heterocycles. The van der Waals surface area contributed by atoms with Crippen LogP contribution in [-0.2, 0) is 0 Å². The highest BCUT2D eigenvalue weighted by Gasteiger charge is 2.18. The SMILES string of the molecule is C[C@@H](Nc1ncnc(Cl)c1C#N)c1cc2nccn2nc1-c1ccccc1. The van der Waals surface area contributed by atoms with Crippen LogP contribution in [0.4, 0.5) is 5.82 Å². The van der Waals surface area contributed by atoms with E-state index in [0.717, 1.165) is 22.5 Å². The lowest BCUT2D eigenvalue weighted by Gasteiger charge is -2.19. The van der Waals surface area contributed by atoms with Crippen molar-refractivity contribution < 1.29 is 0 Å². The third-order valence-corrected chi connectivity index (χ3v) is 4.48. The number of benzene rings is 1. The minimum absolute atomic E-state index is 0.118. The normalized spacial score (nSPS) is 11.9. The van der Waals surface area contributed by atoms with Crippen LogP contribution < -0.4 is 5.32 Å². The molecule has 1 N–H and O–H groups in total. The number of nitrogens with zero attached hydrogens (tertiary/aromatic N) is 6. The Kier molecular flexibility index (Phi) is 4.40. The van der Waals surface area contributed by atoms with Gasteiger partial charge in [-0.3, -0.25) is 0 Å². The number of hydrogen-bond acceptors (Lipinski definition) is 6. The molecule has 4 rings (SSSR count). The van der Waals surface area contributed by atoms with E-state index in [9.17, 15) is 5.26 Å². The van der Waals surface area contributed by atoms with Gasteiger partial charge in [0, 0.05) is 23.5 Å². The summed E-state index contributed by atoms with van der Waals surface area (Å²) in [4.78, 5) is 12.3. The Bertz CT molecular complexity index is 1150. The summed E-state index contributed by atoms with van der Waals surface area (Å²) < 4.78 is 1.74. The molecule has 4 aromatic rings. The number of nitriles is 1. The van der Waals surface area contributed by atoms with Crippen molar-refractivity contribution in [2.45, 2.75) is 13.0 Å². The van der Waals surface area contributed by atoms with Crippen LogP contribution in [0.15, 0.2) is 55.1 Å². The molecule has 0 amide bonds. The second-order valence-corrected chi connectivity index (χ2v) is 6.27. The minimum atomic E-state index is -0.201. The summed E-state index contributed by atoms with van der Waals surface area (Å²) in [7, 11) is 0. The van der Waals surface area contributed by atoms with Gasteiger partial charge in [-0.1, -0.05) is 41.9 Å². The highest BCUT2D eigenvalue weighted by atomic mass is 35.5. The van der Waals surface area contributed by atoms with Gasteiger partial charge in [-0.15, -0.1) is 0 Å². The van der Waals surface area contributed by atoms with Gasteiger partial charge in [0.15, 0.2) is 10.8 Å². The summed E-state index contributed by atoms with van der Waals surface area (Å²) in [6.07, 6.45) is 4.84. The number of halogens is 1. The van der Waals surface area contributed by atoms with Crippen molar-refractivity contribution >= 4 is 23.1 Å². The highest BCUT2D eigenvalue weighted by Crippen LogP contribution is 2.30. The third-order valence-electron chi connectivity index (χ3n) is 4.19. The van der Waals surface area contributed by atoms with Gasteiger partial charge in [0.1, 0.15) is 23.8 Å². The standard InChI is InChI=1S/C19H14ClN7/c1-12(25-19-15(10-21)18(20)23-11-24-19)14-9-16-22-7-8-27(16)26-17(14)13-5-3-2-4-6-13/h2-9,11-12H,1H3,(H,23,24,25)/t12-/m1/s1. The van der Waals surface area contributed by atoms with E-state index >= 15 is 0 Å². The van der Waals surface area contributed by atoms with Crippen molar-refractivity contribution in [3.8, 4) is 17.3 Å². The summed E-state index contributed by atoms with van der Waals surface area (Å²) in [5, 5.41) is 17.4. The topological polar surface area (TPSA) is 91.8 Å². The van der Waals surface area contributed by atoms with E-state index < -0.39 is 0 Å². The predicted molar refractivity (Wildman–Crippen MR) is 102 cm³/mol. The Morgan fingerprint density at radius 2 is 2.00 bits per heavy atom. The fraction of sp³-hybridized carbons (Fsp3) is 0.105. The zero-order valence-corrected chi connectivity index (χ0v) is 15.1. The molecule has 0 aliphatic heterocycles. The van der Waals surface area contributed by atoms with Gasteiger partial charge in [-0.2, -0.15) is 10.4 Å². The van der Waals surface area contributed by atoms with Crippen LogP contribution in [0.25, 0.3) is 16.9 Å². The Morgan fingerprint density at radius 1 is 1.19 bits per heavy atom. The largest absolute Gasteiger partial charge is 0.362 e. The lowest BCUT2D eigenvalue weighted by Crippen LogP contribution is -2.13. The monoisotopic (exact) mass is 375 g/mol. The molecule has 0 fully saturated rings. The van der Waals surface area contributed by atoms with Gasteiger partial charge >= 0.3 is 0 Å². The second kappa shape index (κ2) is 7.02. The molecule has 8 heteroatoms. The molecule has 7 nitrogen and oxygen atoms in total. The van der Waals surface area contributed by atoms with E-state index in [1.54, 1.807) is 10.7 Å². The first-order valence-corrected chi connectivity index (χ1v) is 8.62. The van der Waals surface area contributed by atoms with Crippen molar-refractivity contribution in [2.75, 3.05) is 5.32 Å². The van der Waals surface area contributed by atoms with Gasteiger partial charge in [0.2, 0.25) is 0 Å². The maximum atomic E-state index is 9.35. The smallest absolute Gasteiger partial charge is 0.153 e. The van der Waals surface area contributed by atoms with Crippen molar-refractivity contribution in [2.24, 2.45) is 0 Å². The van der Waals surface area contributed by atoms with Gasteiger partial charge in [0.05, 0.1) is 11.7 Å². The zero-order valence-electron chi connectivity index (χ0n) is 14.3. The molecule has 1 aromatic carbocycles. The van der Waals surface area contributed by atoms with Crippen LogP contribution in [0, 0.1) is 11.3 Å².